The van der Waals surface area contributed by atoms with Crippen molar-refractivity contribution in [3.8, 4) is 0 Å². The molecule has 1 aliphatic rings. The molecule has 0 spiro atoms. The van der Waals surface area contributed by atoms with E-state index in [1.807, 2.05) is 20.8 Å². The summed E-state index contributed by atoms with van der Waals surface area (Å²) in [5, 5.41) is 3.71. The van der Waals surface area contributed by atoms with Crippen molar-refractivity contribution in [2.75, 3.05) is 7.11 Å². The molecule has 202 valence electrons. The van der Waals surface area contributed by atoms with Gasteiger partial charge in [0, 0.05) is 19.4 Å². The minimum atomic E-state index is -1.30. The second-order valence-corrected chi connectivity index (χ2v) is 10.1. The molecular formula is C24H41IN2O8. The SMILES string of the molecule is CCC[C@@H](C)OC(=O)C(/C(N)=N/OI)C1OC(=O)C(C)C(=O)C(C)C[C@](C)(OC)C[C@@H](C)O[C@@H]1C. The van der Waals surface area contributed by atoms with Crippen LogP contribution in [0.3, 0.4) is 0 Å². The number of Topliss-reactive ketones (excluding diaryl/α,β-unsaturated/α-hetero) is 1. The van der Waals surface area contributed by atoms with E-state index in [2.05, 4.69) is 5.16 Å². The Kier molecular flexibility index (Phi) is 12.9. The van der Waals surface area contributed by atoms with Crippen molar-refractivity contribution in [2.45, 2.75) is 104 Å². The quantitative estimate of drug-likeness (QED) is 0.109. The van der Waals surface area contributed by atoms with Crippen LogP contribution in [0.15, 0.2) is 5.16 Å². The number of carbonyl (C=O) groups is 3. The molecule has 0 radical (unpaired) electrons. The molecule has 0 aromatic rings. The fourth-order valence-electron chi connectivity index (χ4n) is 4.57. The van der Waals surface area contributed by atoms with E-state index >= 15 is 0 Å². The van der Waals surface area contributed by atoms with Crippen LogP contribution in [-0.4, -0.2) is 60.7 Å². The summed E-state index contributed by atoms with van der Waals surface area (Å²) in [6.45, 7) is 12.4. The Morgan fingerprint density at radius 1 is 1.26 bits per heavy atom. The van der Waals surface area contributed by atoms with Crippen LogP contribution in [0.5, 0.6) is 0 Å². The summed E-state index contributed by atoms with van der Waals surface area (Å²) in [5.41, 5.74) is 5.45. The van der Waals surface area contributed by atoms with E-state index in [4.69, 9.17) is 27.8 Å². The van der Waals surface area contributed by atoms with Crippen LogP contribution in [0.4, 0.5) is 0 Å². The predicted octanol–water partition coefficient (Wildman–Crippen LogP) is 3.72. The van der Waals surface area contributed by atoms with Crippen LogP contribution >= 0.6 is 23.0 Å². The van der Waals surface area contributed by atoms with E-state index in [1.165, 1.54) is 29.9 Å². The standard InChI is InChI=1S/C24H41IN2O8/c1-9-10-14(3)33-23(30)18(21(26)27-35-25)20-17(6)32-15(4)12-24(7,31-8)11-13(2)19(28)16(5)22(29)34-20/h13-18,20H,9-12H2,1-8H3,(H2,26,27)/t13?,14-,15-,16?,17-,18?,20?,24+/m1/s1. The number of halogens is 1. The lowest BCUT2D eigenvalue weighted by Crippen LogP contribution is -2.51. The minimum Gasteiger partial charge on any atom is -0.462 e. The summed E-state index contributed by atoms with van der Waals surface area (Å²) < 4.78 is 28.0. The van der Waals surface area contributed by atoms with Gasteiger partial charge in [-0.1, -0.05) is 25.4 Å². The zero-order valence-corrected chi connectivity index (χ0v) is 24.2. The lowest BCUT2D eigenvalue weighted by molar-refractivity contribution is -0.179. The molecule has 2 N–H and O–H groups in total. The molecule has 35 heavy (non-hydrogen) atoms. The van der Waals surface area contributed by atoms with Crippen molar-refractivity contribution in [1.82, 2.24) is 0 Å². The highest BCUT2D eigenvalue weighted by Gasteiger charge is 2.44. The molecule has 0 aromatic carbocycles. The number of ketones is 1. The zero-order valence-electron chi connectivity index (χ0n) is 22.0. The summed E-state index contributed by atoms with van der Waals surface area (Å²) >= 11 is 1.52. The number of hydrogen-bond donors (Lipinski definition) is 1. The third-order valence-electron chi connectivity index (χ3n) is 6.43. The Morgan fingerprint density at radius 3 is 2.43 bits per heavy atom. The highest BCUT2D eigenvalue weighted by atomic mass is 127. The van der Waals surface area contributed by atoms with Crippen molar-refractivity contribution in [2.24, 2.45) is 28.6 Å². The van der Waals surface area contributed by atoms with Gasteiger partial charge in [0.1, 0.15) is 17.8 Å². The van der Waals surface area contributed by atoms with E-state index < -0.39 is 47.5 Å². The minimum absolute atomic E-state index is 0.227. The van der Waals surface area contributed by atoms with Crippen molar-refractivity contribution >= 4 is 46.6 Å². The maximum atomic E-state index is 13.2. The number of carbonyl (C=O) groups excluding carboxylic acids is 3. The molecule has 11 heteroatoms. The highest BCUT2D eigenvalue weighted by Crippen LogP contribution is 2.31. The van der Waals surface area contributed by atoms with E-state index in [0.29, 0.717) is 19.3 Å². The number of hydrogen-bond acceptors (Lipinski definition) is 9. The molecule has 1 aliphatic heterocycles. The first-order valence-corrected chi connectivity index (χ1v) is 12.9. The molecule has 8 atom stereocenters. The van der Waals surface area contributed by atoms with Gasteiger partial charge in [0.05, 0.1) is 23.9 Å². The number of cyclic esters (lactones) is 1. The maximum Gasteiger partial charge on any atom is 0.320 e. The molecule has 1 saturated heterocycles. The van der Waals surface area contributed by atoms with Gasteiger partial charge >= 0.3 is 11.9 Å². The lowest BCUT2D eigenvalue weighted by atomic mass is 9.83. The van der Waals surface area contributed by atoms with Gasteiger partial charge in [0.2, 0.25) is 23.0 Å². The predicted molar refractivity (Wildman–Crippen MR) is 139 cm³/mol. The molecule has 0 aliphatic carbocycles. The average molecular weight is 613 g/mol. The van der Waals surface area contributed by atoms with Crippen LogP contribution in [0, 0.1) is 17.8 Å². The van der Waals surface area contributed by atoms with Crippen molar-refractivity contribution in [1.29, 1.82) is 0 Å². The van der Waals surface area contributed by atoms with Crippen LogP contribution in [0.1, 0.15) is 74.1 Å². The summed E-state index contributed by atoms with van der Waals surface area (Å²) in [6, 6.07) is 0. The summed E-state index contributed by atoms with van der Waals surface area (Å²) in [7, 11) is 1.59. The number of nitrogens with zero attached hydrogens (tertiary/aromatic N) is 1. The molecule has 0 bridgehead atoms. The number of ether oxygens (including phenoxy) is 4. The fraction of sp³-hybridized carbons (Fsp3) is 0.833. The molecule has 0 saturated carbocycles. The fourth-order valence-corrected chi connectivity index (χ4v) is 4.80. The van der Waals surface area contributed by atoms with Crippen LogP contribution < -0.4 is 5.73 Å². The first-order chi connectivity index (χ1) is 16.3. The summed E-state index contributed by atoms with van der Waals surface area (Å²) in [6.07, 6.45) is -0.396. The lowest BCUT2D eigenvalue weighted by Gasteiger charge is -2.37. The Balaban J connectivity index is 3.48. The second-order valence-electron chi connectivity index (χ2n) is 9.74. The number of esters is 2. The van der Waals surface area contributed by atoms with Gasteiger partial charge in [-0.05, 0) is 47.5 Å². The van der Waals surface area contributed by atoms with Gasteiger partial charge in [0.15, 0.2) is 11.8 Å². The zero-order chi connectivity index (χ0) is 26.9. The monoisotopic (exact) mass is 612 g/mol. The molecule has 1 fully saturated rings. The van der Waals surface area contributed by atoms with Crippen LogP contribution in [-0.2, 0) is 36.5 Å². The third-order valence-corrected chi connectivity index (χ3v) is 6.63. The Bertz CT molecular complexity index is 764. The molecule has 0 amide bonds. The molecule has 4 unspecified atom stereocenters. The van der Waals surface area contributed by atoms with Gasteiger partial charge in [-0.25, -0.2) is 0 Å². The molecular weight excluding hydrogens is 571 g/mol. The molecule has 10 nitrogen and oxygen atoms in total. The first kappa shape index (κ1) is 31.6. The Hall–Kier alpha value is -1.47. The number of methoxy groups -OCH3 is 1. The third kappa shape index (κ3) is 9.16. The van der Waals surface area contributed by atoms with Crippen molar-refractivity contribution in [3.63, 3.8) is 0 Å². The average Bonchev–Trinajstić information content (AvgIpc) is 2.76. The summed E-state index contributed by atoms with van der Waals surface area (Å²) in [5.74, 6) is -4.82. The van der Waals surface area contributed by atoms with Crippen molar-refractivity contribution < 1.29 is 36.5 Å². The van der Waals surface area contributed by atoms with E-state index in [0.717, 1.165) is 6.42 Å². The van der Waals surface area contributed by atoms with Gasteiger partial charge in [-0.2, -0.15) is 0 Å². The topological polar surface area (TPSA) is 136 Å². The van der Waals surface area contributed by atoms with Gasteiger partial charge < -0.3 is 27.8 Å². The van der Waals surface area contributed by atoms with E-state index in [1.54, 1.807) is 27.9 Å². The molecule has 1 heterocycles. The highest BCUT2D eigenvalue weighted by molar-refractivity contribution is 14.1. The Morgan fingerprint density at radius 2 is 1.89 bits per heavy atom. The maximum absolute atomic E-state index is 13.2. The van der Waals surface area contributed by atoms with Gasteiger partial charge in [0.25, 0.3) is 0 Å². The second kappa shape index (κ2) is 14.3. The first-order valence-electron chi connectivity index (χ1n) is 12.1. The van der Waals surface area contributed by atoms with Crippen LogP contribution in [0.2, 0.25) is 0 Å². The smallest absolute Gasteiger partial charge is 0.320 e. The van der Waals surface area contributed by atoms with Gasteiger partial charge in [-0.3, -0.25) is 14.4 Å². The number of rotatable bonds is 8. The van der Waals surface area contributed by atoms with E-state index in [-0.39, 0.29) is 23.8 Å². The summed E-state index contributed by atoms with van der Waals surface area (Å²) in [4.78, 5) is 39.4. The molecule has 1 rings (SSSR count). The van der Waals surface area contributed by atoms with Gasteiger partial charge in [-0.15, -0.1) is 0 Å². The Labute approximate surface area is 222 Å². The number of nitrogens with two attached hydrogens (primary N) is 1. The largest absolute Gasteiger partial charge is 0.462 e. The van der Waals surface area contributed by atoms with Crippen LogP contribution in [0.25, 0.3) is 0 Å². The van der Waals surface area contributed by atoms with Crippen molar-refractivity contribution in [3.05, 3.63) is 0 Å². The normalized spacial score (nSPS) is 33.1. The van der Waals surface area contributed by atoms with E-state index in [9.17, 15) is 14.4 Å². The number of oxime groups is 1. The molecule has 0 aromatic heterocycles. The number of amidine groups is 1.